The summed E-state index contributed by atoms with van der Waals surface area (Å²) in [5, 5.41) is 11.1. The van der Waals surface area contributed by atoms with Gasteiger partial charge in [-0.05, 0) is 65.1 Å². The maximum absolute atomic E-state index is 13.4. The summed E-state index contributed by atoms with van der Waals surface area (Å²) in [4.78, 5) is 28.2. The van der Waals surface area contributed by atoms with Crippen molar-refractivity contribution < 1.29 is 52.2 Å². The smallest absolute Gasteiger partial charge is 0.306 e. The fraction of sp³-hybridized carbons (Fsp3) is 0.368. The molecule has 3 heterocycles. The molecule has 0 radical (unpaired) electrons. The Morgan fingerprint density at radius 3 is 2.16 bits per heavy atom. The summed E-state index contributed by atoms with van der Waals surface area (Å²) in [6.07, 6.45) is 0.441. The monoisotopic (exact) mass is 703 g/mol. The number of ether oxygens (including phenoxy) is 8. The highest BCUT2D eigenvalue weighted by Crippen LogP contribution is 2.47. The predicted octanol–water partition coefficient (Wildman–Crippen LogP) is 5.00. The minimum Gasteiger partial charge on any atom is -0.502 e. The van der Waals surface area contributed by atoms with Crippen molar-refractivity contribution in [3.05, 3.63) is 92.5 Å². The molecule has 0 spiro atoms. The third kappa shape index (κ3) is 6.93. The number of methoxy groups -OCH3 is 6. The number of nitrogens with zero attached hydrogens (tertiary/aromatic N) is 1. The first-order chi connectivity index (χ1) is 24.7. The lowest BCUT2D eigenvalue weighted by Gasteiger charge is -2.38. The van der Waals surface area contributed by atoms with E-state index in [1.54, 1.807) is 53.7 Å². The normalized spacial score (nSPS) is 15.7. The van der Waals surface area contributed by atoms with Crippen molar-refractivity contribution in [2.24, 2.45) is 0 Å². The van der Waals surface area contributed by atoms with Crippen molar-refractivity contribution in [3.63, 3.8) is 0 Å². The average Bonchev–Trinajstić information content (AvgIpc) is 3.16. The summed E-state index contributed by atoms with van der Waals surface area (Å²) >= 11 is 0. The van der Waals surface area contributed by atoms with Crippen molar-refractivity contribution in [1.29, 1.82) is 0 Å². The van der Waals surface area contributed by atoms with Gasteiger partial charge >= 0.3 is 5.97 Å². The van der Waals surface area contributed by atoms with Crippen molar-refractivity contribution in [3.8, 4) is 46.0 Å². The Balaban J connectivity index is 1.46. The van der Waals surface area contributed by atoms with E-state index in [0.717, 1.165) is 16.7 Å². The van der Waals surface area contributed by atoms with Crippen LogP contribution in [0.15, 0.2) is 57.7 Å². The molecule has 2 atom stereocenters. The van der Waals surface area contributed by atoms with E-state index < -0.39 is 29.1 Å². The number of carbonyl (C=O) groups excluding carboxylic acids is 1. The molecule has 0 fully saturated rings. The van der Waals surface area contributed by atoms with Crippen LogP contribution in [0, 0.1) is 0 Å². The zero-order chi connectivity index (χ0) is 36.2. The molecule has 6 rings (SSSR count). The molecule has 0 aliphatic carbocycles. The third-order valence-corrected chi connectivity index (χ3v) is 9.22. The molecule has 0 amide bonds. The lowest BCUT2D eigenvalue weighted by atomic mass is 9.87. The minimum absolute atomic E-state index is 0.0623. The van der Waals surface area contributed by atoms with Gasteiger partial charge < -0.3 is 47.4 Å². The number of hydrogen-bond donors (Lipinski definition) is 1. The highest BCUT2D eigenvalue weighted by molar-refractivity contribution is 5.71. The van der Waals surface area contributed by atoms with Crippen LogP contribution >= 0.6 is 0 Å². The SMILES string of the molecule is COC(=O)C[C@H](c1ccc2c(c1)OCCO2)c1oc(CN2CCc3cc(OC)c(OC)cc3[C@H]2c2cc(OC)c(OC)c(OC)c2)cc(=O)c1O. The number of fused-ring (bicyclic) bond motifs is 2. The van der Waals surface area contributed by atoms with Gasteiger partial charge in [-0.2, -0.15) is 0 Å². The predicted molar refractivity (Wildman–Crippen MR) is 184 cm³/mol. The van der Waals surface area contributed by atoms with Crippen LogP contribution in [-0.2, 0) is 22.5 Å². The summed E-state index contributed by atoms with van der Waals surface area (Å²) in [5.74, 6) is 1.80. The first-order valence-electron chi connectivity index (χ1n) is 16.3. The lowest BCUT2D eigenvalue weighted by Crippen LogP contribution is -2.36. The summed E-state index contributed by atoms with van der Waals surface area (Å²) < 4.78 is 51.2. The number of hydrogen-bond acceptors (Lipinski definition) is 13. The molecular weight excluding hydrogens is 662 g/mol. The Morgan fingerprint density at radius 2 is 1.51 bits per heavy atom. The molecule has 2 aliphatic rings. The fourth-order valence-electron chi connectivity index (χ4n) is 6.78. The highest BCUT2D eigenvalue weighted by Gasteiger charge is 2.34. The molecular formula is C38H41NO12. The second-order valence-electron chi connectivity index (χ2n) is 12.0. The van der Waals surface area contributed by atoms with Crippen LogP contribution in [0.25, 0.3) is 0 Å². The first kappa shape index (κ1) is 35.3. The van der Waals surface area contributed by atoms with Crippen LogP contribution in [0.4, 0.5) is 0 Å². The van der Waals surface area contributed by atoms with Crippen LogP contribution in [-0.4, -0.2) is 78.4 Å². The maximum atomic E-state index is 13.4. The van der Waals surface area contributed by atoms with Gasteiger partial charge in [-0.15, -0.1) is 0 Å². The van der Waals surface area contributed by atoms with Crippen LogP contribution in [0.5, 0.6) is 46.0 Å². The van der Waals surface area contributed by atoms with Crippen LogP contribution in [0.1, 0.15) is 52.2 Å². The molecule has 0 saturated carbocycles. The standard InChI is InChI=1S/C38H41NO12/c1-43-29-13-22-9-10-39(35(25(22)18-30(29)44-2)23-15-32(45-3)38(48-6)33(16-23)46-4)20-24-17-27(40)36(42)37(51-24)26(19-34(41)47-5)21-7-8-28-31(14-21)50-12-11-49-28/h7-8,13-18,26,35,42H,9-12,19-20H2,1-6H3/t26-,35-/m1/s1. The van der Waals surface area contributed by atoms with E-state index in [4.69, 9.17) is 42.3 Å². The highest BCUT2D eigenvalue weighted by atomic mass is 16.6. The molecule has 270 valence electrons. The number of carbonyl (C=O) groups is 1. The second kappa shape index (κ2) is 15.1. The number of esters is 1. The van der Waals surface area contributed by atoms with E-state index in [9.17, 15) is 14.7 Å². The molecule has 1 aromatic heterocycles. The molecule has 2 aliphatic heterocycles. The van der Waals surface area contributed by atoms with Crippen molar-refractivity contribution in [2.45, 2.75) is 31.3 Å². The molecule has 1 N–H and O–H groups in total. The van der Waals surface area contributed by atoms with Crippen LogP contribution in [0.2, 0.25) is 0 Å². The zero-order valence-corrected chi connectivity index (χ0v) is 29.4. The largest absolute Gasteiger partial charge is 0.502 e. The molecule has 13 nitrogen and oxygen atoms in total. The minimum atomic E-state index is -0.870. The van der Waals surface area contributed by atoms with Crippen molar-refractivity contribution in [1.82, 2.24) is 4.90 Å². The Bertz CT molecular complexity index is 1950. The van der Waals surface area contributed by atoms with Gasteiger partial charge in [0.15, 0.2) is 40.3 Å². The summed E-state index contributed by atoms with van der Waals surface area (Å²) in [6.45, 7) is 1.48. The van der Waals surface area contributed by atoms with Gasteiger partial charge in [0, 0.05) is 12.6 Å². The lowest BCUT2D eigenvalue weighted by molar-refractivity contribution is -0.140. The molecule has 51 heavy (non-hydrogen) atoms. The Labute approximate surface area is 295 Å². The van der Waals surface area contributed by atoms with Gasteiger partial charge in [-0.1, -0.05) is 6.07 Å². The van der Waals surface area contributed by atoms with Gasteiger partial charge in [0.1, 0.15) is 19.0 Å². The zero-order valence-electron chi connectivity index (χ0n) is 29.4. The quantitative estimate of drug-likeness (QED) is 0.198. The van der Waals surface area contributed by atoms with Crippen molar-refractivity contribution in [2.75, 3.05) is 62.4 Å². The Hall–Kier alpha value is -5.56. The molecule has 0 bridgehead atoms. The third-order valence-electron chi connectivity index (χ3n) is 9.22. The first-order valence-corrected chi connectivity index (χ1v) is 16.3. The fourth-order valence-corrected chi connectivity index (χ4v) is 6.78. The van der Waals surface area contributed by atoms with E-state index >= 15 is 0 Å². The van der Waals surface area contributed by atoms with Crippen LogP contribution in [0.3, 0.4) is 0 Å². The molecule has 4 aromatic rings. The van der Waals surface area contributed by atoms with E-state index in [1.165, 1.54) is 13.2 Å². The molecule has 0 saturated heterocycles. The van der Waals surface area contributed by atoms with E-state index in [-0.39, 0.29) is 24.5 Å². The van der Waals surface area contributed by atoms with Gasteiger partial charge in [-0.25, -0.2) is 0 Å². The van der Waals surface area contributed by atoms with E-state index in [0.29, 0.717) is 72.0 Å². The van der Waals surface area contributed by atoms with E-state index in [1.807, 2.05) is 24.3 Å². The average molecular weight is 704 g/mol. The molecule has 3 aromatic carbocycles. The van der Waals surface area contributed by atoms with Gasteiger partial charge in [-0.3, -0.25) is 14.5 Å². The number of aromatic hydroxyl groups is 1. The van der Waals surface area contributed by atoms with Gasteiger partial charge in [0.05, 0.1) is 67.6 Å². The topological polar surface area (TPSA) is 145 Å². The Morgan fingerprint density at radius 1 is 0.843 bits per heavy atom. The summed E-state index contributed by atoms with van der Waals surface area (Å²) in [5.41, 5.74) is 2.73. The second-order valence-corrected chi connectivity index (χ2v) is 12.0. The van der Waals surface area contributed by atoms with E-state index in [2.05, 4.69) is 4.90 Å². The maximum Gasteiger partial charge on any atom is 0.306 e. The number of benzene rings is 3. The van der Waals surface area contributed by atoms with Gasteiger partial charge in [0.2, 0.25) is 16.9 Å². The number of rotatable bonds is 12. The molecule has 13 heteroatoms. The summed E-state index contributed by atoms with van der Waals surface area (Å²) in [6, 6.07) is 13.7. The van der Waals surface area contributed by atoms with Crippen LogP contribution < -0.4 is 38.6 Å². The van der Waals surface area contributed by atoms with Gasteiger partial charge in [0.25, 0.3) is 0 Å². The summed E-state index contributed by atoms with van der Waals surface area (Å²) in [7, 11) is 9.11. The molecule has 0 unspecified atom stereocenters. The Kier molecular flexibility index (Phi) is 10.5. The van der Waals surface area contributed by atoms with Crippen molar-refractivity contribution >= 4 is 5.97 Å².